The zero-order valence-electron chi connectivity index (χ0n) is 12.4. The van der Waals surface area contributed by atoms with Crippen LogP contribution in [0.5, 0.6) is 0 Å². The Labute approximate surface area is 124 Å². The van der Waals surface area contributed by atoms with Gasteiger partial charge in [0.2, 0.25) is 5.91 Å². The summed E-state index contributed by atoms with van der Waals surface area (Å²) in [5, 5.41) is 7.43. The average molecular weight is 286 g/mol. The Bertz CT molecular complexity index is 627. The van der Waals surface area contributed by atoms with Gasteiger partial charge in [-0.25, -0.2) is 0 Å². The fourth-order valence-electron chi connectivity index (χ4n) is 2.96. The molecule has 112 valence electrons. The number of nitrogens with one attached hydrogen (secondary N) is 2. The van der Waals surface area contributed by atoms with E-state index in [-0.39, 0.29) is 5.91 Å². The molecular weight excluding hydrogens is 264 g/mol. The highest BCUT2D eigenvalue weighted by Gasteiger charge is 2.16. The van der Waals surface area contributed by atoms with Gasteiger partial charge in [-0.15, -0.1) is 0 Å². The van der Waals surface area contributed by atoms with Crippen LogP contribution in [0.1, 0.15) is 30.6 Å². The van der Waals surface area contributed by atoms with Crippen molar-refractivity contribution in [3.8, 4) is 0 Å². The fourth-order valence-corrected chi connectivity index (χ4v) is 2.96. The normalized spacial score (nSPS) is 18.2. The summed E-state index contributed by atoms with van der Waals surface area (Å²) in [5.74, 6) is 1.62. The van der Waals surface area contributed by atoms with Gasteiger partial charge in [0.1, 0.15) is 11.3 Å². The smallest absolute Gasteiger partial charge is 0.220 e. The molecule has 2 aromatic rings. The first-order chi connectivity index (χ1) is 10.2. The minimum atomic E-state index is 0.113. The van der Waals surface area contributed by atoms with E-state index in [2.05, 4.69) is 10.6 Å². The first-order valence-electron chi connectivity index (χ1n) is 7.68. The number of fused-ring (bicyclic) bond motifs is 1. The summed E-state index contributed by atoms with van der Waals surface area (Å²) in [5.41, 5.74) is 2.00. The van der Waals surface area contributed by atoms with Crippen LogP contribution in [-0.4, -0.2) is 19.0 Å². The molecule has 1 amide bonds. The van der Waals surface area contributed by atoms with Gasteiger partial charge < -0.3 is 15.1 Å². The number of aryl methyl sites for hydroxylation is 1. The maximum Gasteiger partial charge on any atom is 0.220 e. The number of furan rings is 1. The minimum absolute atomic E-state index is 0.113. The van der Waals surface area contributed by atoms with Crippen molar-refractivity contribution < 1.29 is 9.21 Å². The number of rotatable bonds is 5. The quantitative estimate of drug-likeness (QED) is 0.888. The van der Waals surface area contributed by atoms with Crippen molar-refractivity contribution in [1.29, 1.82) is 0 Å². The molecule has 1 unspecified atom stereocenters. The van der Waals surface area contributed by atoms with Crippen molar-refractivity contribution in [2.75, 3.05) is 13.1 Å². The topological polar surface area (TPSA) is 54.3 Å². The van der Waals surface area contributed by atoms with Crippen LogP contribution in [0.25, 0.3) is 11.0 Å². The third kappa shape index (κ3) is 3.27. The molecule has 4 heteroatoms. The molecule has 2 heterocycles. The van der Waals surface area contributed by atoms with E-state index in [4.69, 9.17) is 4.42 Å². The molecule has 1 aromatic carbocycles. The van der Waals surface area contributed by atoms with E-state index < -0.39 is 0 Å². The molecule has 1 atom stereocenters. The predicted octanol–water partition coefficient (Wildman–Crippen LogP) is 2.75. The van der Waals surface area contributed by atoms with Crippen molar-refractivity contribution in [2.45, 2.75) is 32.7 Å². The van der Waals surface area contributed by atoms with Crippen LogP contribution in [0.4, 0.5) is 0 Å². The molecule has 3 rings (SSSR count). The Morgan fingerprint density at radius 3 is 3.05 bits per heavy atom. The van der Waals surface area contributed by atoms with Gasteiger partial charge in [0.15, 0.2) is 0 Å². The van der Waals surface area contributed by atoms with E-state index in [1.807, 2.05) is 31.2 Å². The highest BCUT2D eigenvalue weighted by atomic mass is 16.3. The Morgan fingerprint density at radius 1 is 1.43 bits per heavy atom. The van der Waals surface area contributed by atoms with Crippen molar-refractivity contribution in [2.24, 2.45) is 5.92 Å². The summed E-state index contributed by atoms with van der Waals surface area (Å²) in [7, 11) is 0. The highest BCUT2D eigenvalue weighted by Crippen LogP contribution is 2.24. The molecule has 2 N–H and O–H groups in total. The maximum atomic E-state index is 11.9. The summed E-state index contributed by atoms with van der Waals surface area (Å²) in [6, 6.07) is 7.97. The summed E-state index contributed by atoms with van der Waals surface area (Å²) in [6.45, 7) is 4.65. The van der Waals surface area contributed by atoms with Crippen molar-refractivity contribution in [3.05, 3.63) is 35.6 Å². The van der Waals surface area contributed by atoms with E-state index >= 15 is 0 Å². The standard InChI is InChI=1S/C17H22N2O2/c1-12-14-4-2-3-5-15(14)21-16(12)11-19-17(20)7-6-13-8-9-18-10-13/h2-5,13,18H,6-11H2,1H3,(H,19,20). The maximum absolute atomic E-state index is 11.9. The molecule has 0 bridgehead atoms. The van der Waals surface area contributed by atoms with Gasteiger partial charge in [-0.05, 0) is 44.8 Å². The lowest BCUT2D eigenvalue weighted by Gasteiger charge is -2.08. The molecule has 0 spiro atoms. The van der Waals surface area contributed by atoms with Gasteiger partial charge in [-0.2, -0.15) is 0 Å². The molecule has 1 aliphatic rings. The van der Waals surface area contributed by atoms with Crippen LogP contribution in [0.3, 0.4) is 0 Å². The Hall–Kier alpha value is -1.81. The van der Waals surface area contributed by atoms with E-state index in [9.17, 15) is 4.79 Å². The highest BCUT2D eigenvalue weighted by molar-refractivity contribution is 5.82. The van der Waals surface area contributed by atoms with Crippen LogP contribution in [0, 0.1) is 12.8 Å². The number of carbonyl (C=O) groups is 1. The number of benzene rings is 1. The molecule has 1 saturated heterocycles. The Balaban J connectivity index is 1.53. The van der Waals surface area contributed by atoms with Gasteiger partial charge >= 0.3 is 0 Å². The van der Waals surface area contributed by atoms with Crippen molar-refractivity contribution >= 4 is 16.9 Å². The molecule has 0 aliphatic carbocycles. The number of amides is 1. The van der Waals surface area contributed by atoms with E-state index in [1.165, 1.54) is 6.42 Å². The zero-order valence-corrected chi connectivity index (χ0v) is 12.4. The van der Waals surface area contributed by atoms with Crippen LogP contribution in [0.15, 0.2) is 28.7 Å². The van der Waals surface area contributed by atoms with Crippen molar-refractivity contribution in [1.82, 2.24) is 10.6 Å². The summed E-state index contributed by atoms with van der Waals surface area (Å²) < 4.78 is 5.80. The van der Waals surface area contributed by atoms with Gasteiger partial charge in [-0.1, -0.05) is 18.2 Å². The largest absolute Gasteiger partial charge is 0.459 e. The molecule has 4 nitrogen and oxygen atoms in total. The van der Waals surface area contributed by atoms with Crippen LogP contribution in [0.2, 0.25) is 0 Å². The third-order valence-corrected chi connectivity index (χ3v) is 4.33. The lowest BCUT2D eigenvalue weighted by atomic mass is 10.0. The molecule has 0 radical (unpaired) electrons. The SMILES string of the molecule is Cc1c(CNC(=O)CCC2CCNC2)oc2ccccc12. The summed E-state index contributed by atoms with van der Waals surface area (Å²) >= 11 is 0. The van der Waals surface area contributed by atoms with E-state index in [1.54, 1.807) is 0 Å². The van der Waals surface area contributed by atoms with Gasteiger partial charge in [0, 0.05) is 17.4 Å². The fraction of sp³-hybridized carbons (Fsp3) is 0.471. The third-order valence-electron chi connectivity index (χ3n) is 4.33. The molecular formula is C17H22N2O2. The van der Waals surface area contributed by atoms with Gasteiger partial charge in [0.25, 0.3) is 0 Å². The monoisotopic (exact) mass is 286 g/mol. The van der Waals surface area contributed by atoms with Gasteiger partial charge in [-0.3, -0.25) is 4.79 Å². The molecule has 1 aromatic heterocycles. The van der Waals surface area contributed by atoms with Crippen molar-refractivity contribution in [3.63, 3.8) is 0 Å². The lowest BCUT2D eigenvalue weighted by molar-refractivity contribution is -0.121. The average Bonchev–Trinajstić information content (AvgIpc) is 3.12. The minimum Gasteiger partial charge on any atom is -0.459 e. The van der Waals surface area contributed by atoms with Crippen LogP contribution < -0.4 is 10.6 Å². The Morgan fingerprint density at radius 2 is 2.29 bits per heavy atom. The van der Waals surface area contributed by atoms with E-state index in [0.29, 0.717) is 18.9 Å². The summed E-state index contributed by atoms with van der Waals surface area (Å²) in [6.07, 6.45) is 2.76. The number of hydrogen-bond acceptors (Lipinski definition) is 3. The first-order valence-corrected chi connectivity index (χ1v) is 7.68. The van der Waals surface area contributed by atoms with E-state index in [0.717, 1.165) is 41.8 Å². The number of carbonyl (C=O) groups excluding carboxylic acids is 1. The molecule has 0 saturated carbocycles. The summed E-state index contributed by atoms with van der Waals surface area (Å²) in [4.78, 5) is 11.9. The van der Waals surface area contributed by atoms with Crippen LogP contribution >= 0.6 is 0 Å². The number of hydrogen-bond donors (Lipinski definition) is 2. The number of para-hydroxylation sites is 1. The lowest BCUT2D eigenvalue weighted by Crippen LogP contribution is -2.23. The molecule has 1 fully saturated rings. The molecule has 21 heavy (non-hydrogen) atoms. The van der Waals surface area contributed by atoms with Gasteiger partial charge in [0.05, 0.1) is 6.54 Å². The molecule has 1 aliphatic heterocycles. The second-order valence-electron chi connectivity index (χ2n) is 5.82. The second-order valence-corrected chi connectivity index (χ2v) is 5.82. The Kier molecular flexibility index (Phi) is 4.25. The predicted molar refractivity (Wildman–Crippen MR) is 83.0 cm³/mol. The zero-order chi connectivity index (χ0) is 14.7. The second kappa shape index (κ2) is 6.31. The first kappa shape index (κ1) is 14.1. The van der Waals surface area contributed by atoms with Crippen LogP contribution in [-0.2, 0) is 11.3 Å².